The summed E-state index contributed by atoms with van der Waals surface area (Å²) in [6, 6.07) is 16.4. The molecule has 2 aromatic heterocycles. The molecule has 0 saturated heterocycles. The molecule has 4 aromatic rings. The van der Waals surface area contributed by atoms with E-state index in [4.69, 9.17) is 5.10 Å². The molecule has 154 valence electrons. The first-order valence-electron chi connectivity index (χ1n) is 10.4. The van der Waals surface area contributed by atoms with Crippen molar-refractivity contribution in [2.75, 3.05) is 0 Å². The number of aromatic nitrogens is 6. The van der Waals surface area contributed by atoms with E-state index in [1.54, 1.807) is 0 Å². The van der Waals surface area contributed by atoms with Gasteiger partial charge in [0.05, 0.1) is 18.0 Å². The maximum atomic E-state index is 10.1. The SMILES string of the molecule is CCCc1nn(CC)c(CO)c1Cc1ccccc1-c1ccccc1-c1nn[nH]n1. The first-order valence-corrected chi connectivity index (χ1v) is 10.4. The van der Waals surface area contributed by atoms with E-state index in [0.717, 1.165) is 53.0 Å². The summed E-state index contributed by atoms with van der Waals surface area (Å²) >= 11 is 0. The van der Waals surface area contributed by atoms with Crippen LogP contribution in [0.2, 0.25) is 0 Å². The average Bonchev–Trinajstić information content (AvgIpc) is 3.43. The quantitative estimate of drug-likeness (QED) is 0.468. The van der Waals surface area contributed by atoms with E-state index < -0.39 is 0 Å². The number of benzene rings is 2. The van der Waals surface area contributed by atoms with Crippen LogP contribution in [-0.2, 0) is 26.0 Å². The molecular weight excluding hydrogens is 376 g/mol. The average molecular weight is 403 g/mol. The van der Waals surface area contributed by atoms with Crippen molar-refractivity contribution in [1.82, 2.24) is 30.4 Å². The predicted molar refractivity (Wildman–Crippen MR) is 116 cm³/mol. The number of nitrogens with zero attached hydrogens (tertiary/aromatic N) is 5. The Kier molecular flexibility index (Phi) is 5.99. The van der Waals surface area contributed by atoms with Crippen LogP contribution in [0.25, 0.3) is 22.5 Å². The molecule has 2 heterocycles. The number of hydrogen-bond acceptors (Lipinski definition) is 5. The molecule has 0 aliphatic carbocycles. The molecule has 30 heavy (non-hydrogen) atoms. The number of aryl methyl sites for hydroxylation is 2. The van der Waals surface area contributed by atoms with Gasteiger partial charge in [-0.15, -0.1) is 10.2 Å². The molecule has 2 N–H and O–H groups in total. The number of hydrogen-bond donors (Lipinski definition) is 2. The van der Waals surface area contributed by atoms with Gasteiger partial charge in [-0.25, -0.2) is 0 Å². The van der Waals surface area contributed by atoms with Gasteiger partial charge >= 0.3 is 0 Å². The summed E-state index contributed by atoms with van der Waals surface area (Å²) in [6.07, 6.45) is 2.62. The highest BCUT2D eigenvalue weighted by Crippen LogP contribution is 2.34. The lowest BCUT2D eigenvalue weighted by Gasteiger charge is -2.14. The number of nitrogens with one attached hydrogen (secondary N) is 1. The molecule has 0 unspecified atom stereocenters. The summed E-state index contributed by atoms with van der Waals surface area (Å²) in [4.78, 5) is 0. The highest BCUT2D eigenvalue weighted by Gasteiger charge is 2.19. The van der Waals surface area contributed by atoms with E-state index in [-0.39, 0.29) is 6.61 Å². The van der Waals surface area contributed by atoms with Gasteiger partial charge in [0.2, 0.25) is 5.82 Å². The van der Waals surface area contributed by atoms with Gasteiger partial charge in [-0.1, -0.05) is 61.9 Å². The van der Waals surface area contributed by atoms with Crippen molar-refractivity contribution in [1.29, 1.82) is 0 Å². The Hall–Kier alpha value is -3.32. The fourth-order valence-corrected chi connectivity index (χ4v) is 3.99. The Bertz CT molecular complexity index is 1120. The van der Waals surface area contributed by atoms with E-state index in [1.165, 1.54) is 5.56 Å². The van der Waals surface area contributed by atoms with Gasteiger partial charge in [-0.3, -0.25) is 4.68 Å². The fourth-order valence-electron chi connectivity index (χ4n) is 3.99. The Morgan fingerprint density at radius 2 is 1.70 bits per heavy atom. The van der Waals surface area contributed by atoms with Crippen LogP contribution in [0.15, 0.2) is 48.5 Å². The molecule has 0 aliphatic heterocycles. The third kappa shape index (κ3) is 3.76. The zero-order chi connectivity index (χ0) is 20.9. The highest BCUT2D eigenvalue weighted by molar-refractivity contribution is 5.82. The van der Waals surface area contributed by atoms with E-state index in [1.807, 2.05) is 28.9 Å². The molecule has 7 heteroatoms. The number of aliphatic hydroxyl groups excluding tert-OH is 1. The molecule has 2 aromatic carbocycles. The van der Waals surface area contributed by atoms with Gasteiger partial charge < -0.3 is 5.11 Å². The topological polar surface area (TPSA) is 92.5 Å². The number of aromatic amines is 1. The standard InChI is InChI=1S/C23H26N6O/c1-3-9-21-20(22(15-30)29(4-2)26-21)14-16-10-5-6-11-17(16)18-12-7-8-13-19(18)23-24-27-28-25-23/h5-8,10-13,30H,3-4,9,14-15H2,1-2H3,(H,24,25,27,28). The summed E-state index contributed by atoms with van der Waals surface area (Å²) in [5.41, 5.74) is 7.39. The number of rotatable bonds is 8. The second-order valence-electron chi connectivity index (χ2n) is 7.21. The van der Waals surface area contributed by atoms with Crippen LogP contribution in [0.4, 0.5) is 0 Å². The minimum atomic E-state index is -0.0124. The Labute approximate surface area is 175 Å². The van der Waals surface area contributed by atoms with Gasteiger partial charge in [0, 0.05) is 24.1 Å². The van der Waals surface area contributed by atoms with Gasteiger partial charge in [-0.2, -0.15) is 10.3 Å². The van der Waals surface area contributed by atoms with Crippen molar-refractivity contribution in [2.45, 2.75) is 46.3 Å². The van der Waals surface area contributed by atoms with Crippen molar-refractivity contribution in [3.63, 3.8) is 0 Å². The number of tetrazole rings is 1. The monoisotopic (exact) mass is 402 g/mol. The van der Waals surface area contributed by atoms with Gasteiger partial charge in [0.15, 0.2) is 0 Å². The van der Waals surface area contributed by atoms with E-state index in [9.17, 15) is 5.11 Å². The molecule has 0 atom stereocenters. The van der Waals surface area contributed by atoms with Crippen molar-refractivity contribution in [2.24, 2.45) is 0 Å². The molecule has 4 rings (SSSR count). The van der Waals surface area contributed by atoms with Crippen LogP contribution in [0.1, 0.15) is 42.8 Å². The van der Waals surface area contributed by atoms with Crippen molar-refractivity contribution in [3.05, 3.63) is 71.0 Å². The molecule has 0 aliphatic rings. The number of aliphatic hydroxyl groups is 1. The highest BCUT2D eigenvalue weighted by atomic mass is 16.3. The van der Waals surface area contributed by atoms with Crippen molar-refractivity contribution >= 4 is 0 Å². The smallest absolute Gasteiger partial charge is 0.205 e. The van der Waals surface area contributed by atoms with Crippen LogP contribution >= 0.6 is 0 Å². The summed E-state index contributed by atoms with van der Waals surface area (Å²) in [7, 11) is 0. The lowest BCUT2D eigenvalue weighted by Crippen LogP contribution is -2.04. The predicted octanol–water partition coefficient (Wildman–Crippen LogP) is 3.79. The lowest BCUT2D eigenvalue weighted by molar-refractivity contribution is 0.267. The fraction of sp³-hybridized carbons (Fsp3) is 0.304. The summed E-state index contributed by atoms with van der Waals surface area (Å²) in [5, 5.41) is 29.4. The minimum absolute atomic E-state index is 0.0124. The van der Waals surface area contributed by atoms with Crippen LogP contribution in [0.3, 0.4) is 0 Å². The molecule has 0 amide bonds. The van der Waals surface area contributed by atoms with Crippen LogP contribution < -0.4 is 0 Å². The normalized spacial score (nSPS) is 11.2. The minimum Gasteiger partial charge on any atom is -0.390 e. The summed E-state index contributed by atoms with van der Waals surface area (Å²) < 4.78 is 1.93. The lowest BCUT2D eigenvalue weighted by atomic mass is 9.91. The molecule has 0 bridgehead atoms. The molecule has 0 saturated carbocycles. The Balaban J connectivity index is 1.82. The maximum Gasteiger partial charge on any atom is 0.205 e. The van der Waals surface area contributed by atoms with Crippen molar-refractivity contribution < 1.29 is 5.11 Å². The first-order chi connectivity index (χ1) is 14.8. The van der Waals surface area contributed by atoms with E-state index >= 15 is 0 Å². The Morgan fingerprint density at radius 3 is 2.37 bits per heavy atom. The molecule has 0 spiro atoms. The second-order valence-corrected chi connectivity index (χ2v) is 7.21. The summed E-state index contributed by atoms with van der Waals surface area (Å²) in [6.45, 7) is 4.94. The Morgan fingerprint density at radius 1 is 0.967 bits per heavy atom. The zero-order valence-electron chi connectivity index (χ0n) is 17.3. The molecule has 7 nitrogen and oxygen atoms in total. The van der Waals surface area contributed by atoms with Gasteiger partial charge in [-0.05, 0) is 35.2 Å². The third-order valence-corrected chi connectivity index (χ3v) is 5.37. The zero-order valence-corrected chi connectivity index (χ0v) is 17.3. The molecular formula is C23H26N6O. The third-order valence-electron chi connectivity index (χ3n) is 5.37. The summed E-state index contributed by atoms with van der Waals surface area (Å²) in [5.74, 6) is 0.571. The van der Waals surface area contributed by atoms with Crippen LogP contribution in [0, 0.1) is 0 Å². The van der Waals surface area contributed by atoms with E-state index in [0.29, 0.717) is 12.2 Å². The molecule has 0 radical (unpaired) electrons. The maximum absolute atomic E-state index is 10.1. The number of H-pyrrole nitrogens is 1. The van der Waals surface area contributed by atoms with Gasteiger partial charge in [0.25, 0.3) is 0 Å². The second kappa shape index (κ2) is 9.00. The van der Waals surface area contributed by atoms with E-state index in [2.05, 4.69) is 58.7 Å². The van der Waals surface area contributed by atoms with Crippen LogP contribution in [-0.4, -0.2) is 35.5 Å². The first kappa shape index (κ1) is 20.0. The largest absolute Gasteiger partial charge is 0.390 e. The van der Waals surface area contributed by atoms with Crippen LogP contribution in [0.5, 0.6) is 0 Å². The van der Waals surface area contributed by atoms with Gasteiger partial charge in [0.1, 0.15) is 0 Å². The molecule has 0 fully saturated rings. The van der Waals surface area contributed by atoms with Crippen molar-refractivity contribution in [3.8, 4) is 22.5 Å².